The van der Waals surface area contributed by atoms with E-state index in [1.807, 2.05) is 6.92 Å². The maximum absolute atomic E-state index is 8.46. The molecule has 1 aromatic rings. The molecule has 0 amide bonds. The standard InChI is InChI=1S/C8H12N4OS/c1-5-6(4-7(9)11-13)10-8-12(5)2-3-14-8/h13H,2-4H2,1H3,(H2,9,11). The molecule has 0 saturated heterocycles. The Balaban J connectivity index is 2.28. The molecule has 2 rings (SSSR count). The zero-order valence-corrected chi connectivity index (χ0v) is 8.71. The van der Waals surface area contributed by atoms with Crippen molar-refractivity contribution in [3.8, 4) is 0 Å². The number of oxime groups is 1. The van der Waals surface area contributed by atoms with E-state index in [0.717, 1.165) is 28.8 Å². The lowest BCUT2D eigenvalue weighted by atomic mass is 10.2. The summed E-state index contributed by atoms with van der Waals surface area (Å²) in [6, 6.07) is 0. The number of fused-ring (bicyclic) bond motifs is 1. The highest BCUT2D eigenvalue weighted by Crippen LogP contribution is 2.27. The van der Waals surface area contributed by atoms with Crippen LogP contribution in [0.2, 0.25) is 0 Å². The molecule has 0 spiro atoms. The highest BCUT2D eigenvalue weighted by atomic mass is 32.2. The van der Waals surface area contributed by atoms with Crippen molar-refractivity contribution in [1.82, 2.24) is 9.55 Å². The monoisotopic (exact) mass is 212 g/mol. The van der Waals surface area contributed by atoms with E-state index in [9.17, 15) is 0 Å². The first-order valence-corrected chi connectivity index (χ1v) is 5.36. The van der Waals surface area contributed by atoms with Crippen molar-refractivity contribution >= 4 is 17.6 Å². The van der Waals surface area contributed by atoms with Gasteiger partial charge >= 0.3 is 0 Å². The first-order valence-electron chi connectivity index (χ1n) is 4.37. The van der Waals surface area contributed by atoms with E-state index in [1.54, 1.807) is 11.8 Å². The van der Waals surface area contributed by atoms with E-state index >= 15 is 0 Å². The van der Waals surface area contributed by atoms with E-state index in [2.05, 4.69) is 14.7 Å². The molecule has 1 aromatic heterocycles. The molecule has 0 aromatic carbocycles. The summed E-state index contributed by atoms with van der Waals surface area (Å²) in [6.45, 7) is 3.03. The third-order valence-electron chi connectivity index (χ3n) is 2.31. The van der Waals surface area contributed by atoms with Gasteiger partial charge in [-0.05, 0) is 6.92 Å². The van der Waals surface area contributed by atoms with Crippen molar-refractivity contribution in [3.63, 3.8) is 0 Å². The fraction of sp³-hybridized carbons (Fsp3) is 0.500. The highest BCUT2D eigenvalue weighted by Gasteiger charge is 2.19. The van der Waals surface area contributed by atoms with Gasteiger partial charge < -0.3 is 15.5 Å². The number of hydrogen-bond donors (Lipinski definition) is 2. The molecule has 0 aliphatic carbocycles. The Morgan fingerprint density at radius 1 is 1.79 bits per heavy atom. The maximum Gasteiger partial charge on any atom is 0.168 e. The quantitative estimate of drug-likeness (QED) is 0.325. The molecule has 0 radical (unpaired) electrons. The van der Waals surface area contributed by atoms with Gasteiger partial charge in [0, 0.05) is 18.0 Å². The normalized spacial score (nSPS) is 15.9. The van der Waals surface area contributed by atoms with Crippen LogP contribution in [0, 0.1) is 6.92 Å². The summed E-state index contributed by atoms with van der Waals surface area (Å²) < 4.78 is 2.17. The van der Waals surface area contributed by atoms with Gasteiger partial charge in [0.2, 0.25) is 0 Å². The van der Waals surface area contributed by atoms with E-state index in [-0.39, 0.29) is 5.84 Å². The van der Waals surface area contributed by atoms with E-state index in [0.29, 0.717) is 6.42 Å². The molecular weight excluding hydrogens is 200 g/mol. The molecule has 6 heteroatoms. The number of rotatable bonds is 2. The van der Waals surface area contributed by atoms with Crippen molar-refractivity contribution in [3.05, 3.63) is 11.4 Å². The molecule has 1 aliphatic rings. The van der Waals surface area contributed by atoms with Crippen molar-refractivity contribution in [2.24, 2.45) is 10.9 Å². The molecule has 5 nitrogen and oxygen atoms in total. The average Bonchev–Trinajstić information content (AvgIpc) is 2.72. The van der Waals surface area contributed by atoms with Crippen LogP contribution in [0.3, 0.4) is 0 Å². The summed E-state index contributed by atoms with van der Waals surface area (Å²) in [4.78, 5) is 4.43. The molecule has 0 bridgehead atoms. The second-order valence-corrected chi connectivity index (χ2v) is 4.26. The Morgan fingerprint density at radius 3 is 3.21 bits per heavy atom. The van der Waals surface area contributed by atoms with Crippen molar-refractivity contribution in [2.45, 2.75) is 25.0 Å². The number of aromatic nitrogens is 2. The highest BCUT2D eigenvalue weighted by molar-refractivity contribution is 7.99. The number of nitrogens with zero attached hydrogens (tertiary/aromatic N) is 3. The minimum Gasteiger partial charge on any atom is -0.409 e. The van der Waals surface area contributed by atoms with Crippen LogP contribution in [0.1, 0.15) is 11.4 Å². The van der Waals surface area contributed by atoms with Crippen molar-refractivity contribution in [2.75, 3.05) is 5.75 Å². The van der Waals surface area contributed by atoms with Crippen LogP contribution in [-0.4, -0.2) is 26.3 Å². The average molecular weight is 212 g/mol. The summed E-state index contributed by atoms with van der Waals surface area (Å²) >= 11 is 1.75. The second-order valence-electron chi connectivity index (χ2n) is 3.19. The molecule has 0 atom stereocenters. The Labute approximate surface area is 86.0 Å². The van der Waals surface area contributed by atoms with Crippen LogP contribution in [0.4, 0.5) is 0 Å². The number of imidazole rings is 1. The van der Waals surface area contributed by atoms with Crippen LogP contribution >= 0.6 is 11.8 Å². The Kier molecular flexibility index (Phi) is 2.37. The van der Waals surface area contributed by atoms with Crippen molar-refractivity contribution < 1.29 is 5.21 Å². The third kappa shape index (κ3) is 1.45. The van der Waals surface area contributed by atoms with Gasteiger partial charge in [-0.2, -0.15) is 0 Å². The fourth-order valence-electron chi connectivity index (χ4n) is 1.53. The van der Waals surface area contributed by atoms with E-state index in [4.69, 9.17) is 10.9 Å². The summed E-state index contributed by atoms with van der Waals surface area (Å²) in [7, 11) is 0. The van der Waals surface area contributed by atoms with Gasteiger partial charge in [-0.1, -0.05) is 16.9 Å². The molecular formula is C8H12N4OS. The molecule has 2 heterocycles. The van der Waals surface area contributed by atoms with Crippen LogP contribution < -0.4 is 5.73 Å². The fourth-order valence-corrected chi connectivity index (χ4v) is 2.55. The second kappa shape index (κ2) is 3.53. The van der Waals surface area contributed by atoms with Crippen LogP contribution in [0.15, 0.2) is 10.3 Å². The summed E-state index contributed by atoms with van der Waals surface area (Å²) in [6.07, 6.45) is 0.420. The zero-order chi connectivity index (χ0) is 10.1. The molecule has 1 aliphatic heterocycles. The molecule has 0 unspecified atom stereocenters. The Bertz CT molecular complexity index is 385. The number of hydrogen-bond acceptors (Lipinski definition) is 4. The zero-order valence-electron chi connectivity index (χ0n) is 7.90. The third-order valence-corrected chi connectivity index (χ3v) is 3.26. The van der Waals surface area contributed by atoms with Gasteiger partial charge in [0.25, 0.3) is 0 Å². The predicted octanol–water partition coefficient (Wildman–Crippen LogP) is 0.586. The minimum atomic E-state index is 0.204. The largest absolute Gasteiger partial charge is 0.409 e. The number of nitrogens with two attached hydrogens (primary N) is 1. The molecule has 14 heavy (non-hydrogen) atoms. The summed E-state index contributed by atoms with van der Waals surface area (Å²) in [5.74, 6) is 1.29. The van der Waals surface area contributed by atoms with Crippen LogP contribution in [-0.2, 0) is 13.0 Å². The maximum atomic E-state index is 8.46. The van der Waals surface area contributed by atoms with Gasteiger partial charge in [0.1, 0.15) is 5.84 Å². The molecule has 76 valence electrons. The SMILES string of the molecule is Cc1c(C/C(N)=N/O)nc2n1CCS2. The van der Waals surface area contributed by atoms with Gasteiger partial charge in [-0.15, -0.1) is 0 Å². The van der Waals surface area contributed by atoms with Crippen LogP contribution in [0.25, 0.3) is 0 Å². The lowest BCUT2D eigenvalue weighted by molar-refractivity contribution is 0.317. The summed E-state index contributed by atoms with van der Waals surface area (Å²) in [5.41, 5.74) is 7.46. The van der Waals surface area contributed by atoms with Gasteiger partial charge in [0.15, 0.2) is 5.16 Å². The predicted molar refractivity (Wildman–Crippen MR) is 54.8 cm³/mol. The van der Waals surface area contributed by atoms with Gasteiger partial charge in [-0.25, -0.2) is 4.98 Å². The Morgan fingerprint density at radius 2 is 2.57 bits per heavy atom. The van der Waals surface area contributed by atoms with Gasteiger partial charge in [-0.3, -0.25) is 0 Å². The van der Waals surface area contributed by atoms with E-state index in [1.165, 1.54) is 0 Å². The minimum absolute atomic E-state index is 0.204. The summed E-state index contributed by atoms with van der Waals surface area (Å²) in [5, 5.41) is 12.4. The lowest BCUT2D eigenvalue weighted by Gasteiger charge is -2.00. The topological polar surface area (TPSA) is 76.4 Å². The molecule has 0 fully saturated rings. The Hall–Kier alpha value is -1.17. The first-order chi connectivity index (χ1) is 6.72. The number of thioether (sulfide) groups is 1. The first kappa shape index (κ1) is 9.39. The van der Waals surface area contributed by atoms with E-state index < -0.39 is 0 Å². The molecule has 3 N–H and O–H groups in total. The number of amidine groups is 1. The smallest absolute Gasteiger partial charge is 0.168 e. The van der Waals surface area contributed by atoms with Crippen molar-refractivity contribution in [1.29, 1.82) is 0 Å². The molecule has 0 saturated carbocycles. The van der Waals surface area contributed by atoms with Crippen LogP contribution in [0.5, 0.6) is 0 Å². The lowest BCUT2D eigenvalue weighted by Crippen LogP contribution is -2.15. The van der Waals surface area contributed by atoms with Gasteiger partial charge in [0.05, 0.1) is 12.1 Å².